The van der Waals surface area contributed by atoms with Crippen molar-refractivity contribution in [2.75, 3.05) is 40.1 Å². The number of carbonyl (C=O) groups excluding carboxylic acids is 4. The molecular formula is C31H40BN2O7P. The molecular weight excluding hydrogens is 554 g/mol. The third-order valence-electron chi connectivity index (χ3n) is 7.09. The zero-order valence-corrected chi connectivity index (χ0v) is 25.6. The molecule has 42 heavy (non-hydrogen) atoms. The number of nitrogens with zero attached hydrogens (tertiary/aromatic N) is 1. The van der Waals surface area contributed by atoms with E-state index in [0.717, 1.165) is 27.8 Å². The fourth-order valence-corrected chi connectivity index (χ4v) is 5.22. The van der Waals surface area contributed by atoms with Crippen LogP contribution in [0, 0.1) is 0 Å². The Kier molecular flexibility index (Phi) is 14.2. The third kappa shape index (κ3) is 9.75. The van der Waals surface area contributed by atoms with E-state index in [1.165, 1.54) is 7.07 Å². The Hall–Kier alpha value is -3.07. The fraction of sp³-hybridized carbons (Fsp3) is 0.484. The molecule has 1 amide bonds. The molecule has 11 heteroatoms. The number of benzene rings is 2. The Labute approximate surface area is 250 Å². The normalized spacial score (nSPS) is 13.4. The number of Topliss-reactive ketones (excluding diaryl/α,β-unsaturated/α-hetero) is 2. The van der Waals surface area contributed by atoms with Gasteiger partial charge in [0.2, 0.25) is 5.91 Å². The molecule has 2 aromatic rings. The molecule has 0 bridgehead atoms. The molecule has 9 nitrogen and oxygen atoms in total. The first-order valence-electron chi connectivity index (χ1n) is 14.4. The van der Waals surface area contributed by atoms with Crippen LogP contribution in [-0.4, -0.2) is 70.6 Å². The second kappa shape index (κ2) is 17.8. The van der Waals surface area contributed by atoms with Crippen LogP contribution in [0.15, 0.2) is 41.1 Å². The minimum absolute atomic E-state index is 0.0327. The summed E-state index contributed by atoms with van der Waals surface area (Å²) in [7, 11) is 5.27. The van der Waals surface area contributed by atoms with E-state index in [-0.39, 0.29) is 49.2 Å². The van der Waals surface area contributed by atoms with E-state index in [1.807, 2.05) is 43.3 Å². The van der Waals surface area contributed by atoms with Crippen LogP contribution < -0.4 is 5.32 Å². The van der Waals surface area contributed by atoms with E-state index in [2.05, 4.69) is 19.4 Å². The first-order chi connectivity index (χ1) is 20.4. The van der Waals surface area contributed by atoms with Gasteiger partial charge in [-0.3, -0.25) is 4.79 Å². The van der Waals surface area contributed by atoms with Crippen molar-refractivity contribution in [3.8, 4) is 11.1 Å². The molecule has 0 saturated heterocycles. The van der Waals surface area contributed by atoms with Crippen molar-refractivity contribution in [3.63, 3.8) is 0 Å². The van der Waals surface area contributed by atoms with Crippen LogP contribution in [-0.2, 0) is 35.0 Å². The number of esters is 1. The number of nitrogens with one attached hydrogen (secondary N) is 1. The van der Waals surface area contributed by atoms with Gasteiger partial charge in [-0.15, -0.1) is 0 Å². The van der Waals surface area contributed by atoms with Crippen LogP contribution in [0.4, 0.5) is 0 Å². The summed E-state index contributed by atoms with van der Waals surface area (Å²) in [5, 5.41) is 2.79. The molecule has 0 saturated carbocycles. The van der Waals surface area contributed by atoms with Gasteiger partial charge < -0.3 is 14.8 Å². The SMILES string of the molecule is CCOCCNC(=O)CCCC(=O)Cc1ccc2c(c1)C(COC(=O)CB=NP)c1cccc(C(=O)CCCOC)c1-2. The molecule has 1 aliphatic rings. The number of methoxy groups -OCH3 is 1. The van der Waals surface area contributed by atoms with Gasteiger partial charge in [0.25, 0.3) is 0 Å². The summed E-state index contributed by atoms with van der Waals surface area (Å²) >= 11 is 0. The summed E-state index contributed by atoms with van der Waals surface area (Å²) in [4.78, 5) is 50.2. The van der Waals surface area contributed by atoms with Gasteiger partial charge in [-0.25, -0.2) is 0 Å². The molecule has 0 spiro atoms. The van der Waals surface area contributed by atoms with Crippen molar-refractivity contribution in [2.24, 2.45) is 4.67 Å². The van der Waals surface area contributed by atoms with Gasteiger partial charge in [-0.05, 0) is 6.92 Å². The molecule has 1 N–H and O–H groups in total. The summed E-state index contributed by atoms with van der Waals surface area (Å²) in [5.41, 5.74) is 5.09. The van der Waals surface area contributed by atoms with Crippen molar-refractivity contribution in [2.45, 2.75) is 57.7 Å². The standard InChI is InChI=1S/C31H40BN2O7P/c1-3-40-16-14-33-29(37)11-4-7-22(35)17-21-12-13-24-26(18-21)27(20-41-30(38)19-32-34-42)23-8-5-9-25(31(23)24)28(36)10-6-15-39-2/h5,8-9,12-13,18,27H,3-4,6-7,10-11,14-17,19-20,42H2,1-2H3,(H,33,37). The molecule has 224 valence electrons. The maximum atomic E-state index is 13.2. The quantitative estimate of drug-likeness (QED) is 0.0837. The number of ketones is 2. The number of ether oxygens (including phenoxy) is 3. The monoisotopic (exact) mass is 594 g/mol. The van der Waals surface area contributed by atoms with Crippen LogP contribution >= 0.6 is 9.39 Å². The number of hydrogen-bond acceptors (Lipinski definition) is 8. The number of carbonyl (C=O) groups is 4. The first kappa shape index (κ1) is 33.4. The predicted molar refractivity (Wildman–Crippen MR) is 165 cm³/mol. The summed E-state index contributed by atoms with van der Waals surface area (Å²) in [6.45, 7) is 4.05. The average molecular weight is 594 g/mol. The minimum atomic E-state index is -0.392. The van der Waals surface area contributed by atoms with Crippen LogP contribution in [0.5, 0.6) is 0 Å². The van der Waals surface area contributed by atoms with Crippen LogP contribution in [0.2, 0.25) is 6.32 Å². The average Bonchev–Trinajstić information content (AvgIpc) is 3.30. The zero-order valence-electron chi connectivity index (χ0n) is 24.5. The van der Waals surface area contributed by atoms with Crippen molar-refractivity contribution in [3.05, 3.63) is 58.7 Å². The topological polar surface area (TPSA) is 120 Å². The second-order valence-electron chi connectivity index (χ2n) is 10.1. The van der Waals surface area contributed by atoms with Crippen molar-refractivity contribution in [1.29, 1.82) is 0 Å². The van der Waals surface area contributed by atoms with Gasteiger partial charge in [0, 0.05) is 26.7 Å². The van der Waals surface area contributed by atoms with Gasteiger partial charge >= 0.3 is 185 Å². The summed E-state index contributed by atoms with van der Waals surface area (Å²) in [6, 6.07) is 11.5. The van der Waals surface area contributed by atoms with Crippen LogP contribution in [0.3, 0.4) is 0 Å². The molecule has 0 aliphatic heterocycles. The van der Waals surface area contributed by atoms with E-state index in [1.54, 1.807) is 7.11 Å². The van der Waals surface area contributed by atoms with Gasteiger partial charge in [-0.1, -0.05) is 0 Å². The van der Waals surface area contributed by atoms with Gasteiger partial charge in [0.15, 0.2) is 0 Å². The molecule has 0 fully saturated rings. The van der Waals surface area contributed by atoms with E-state index in [4.69, 9.17) is 14.2 Å². The summed E-state index contributed by atoms with van der Waals surface area (Å²) < 4.78 is 19.7. The molecule has 3 rings (SSSR count). The Morgan fingerprint density at radius 2 is 1.86 bits per heavy atom. The zero-order chi connectivity index (χ0) is 30.3. The summed E-state index contributed by atoms with van der Waals surface area (Å²) in [5.74, 6) is -0.677. The number of amides is 1. The number of fused-ring (bicyclic) bond motifs is 3. The second-order valence-corrected chi connectivity index (χ2v) is 10.4. The van der Waals surface area contributed by atoms with Crippen molar-refractivity contribution < 1.29 is 33.4 Å². The summed E-state index contributed by atoms with van der Waals surface area (Å²) in [6.07, 6.45) is 2.35. The Bertz CT molecular complexity index is 1280. The fourth-order valence-electron chi connectivity index (χ4n) is 5.11. The molecule has 2 unspecified atom stereocenters. The van der Waals surface area contributed by atoms with E-state index in [9.17, 15) is 19.2 Å². The van der Waals surface area contributed by atoms with Crippen molar-refractivity contribution in [1.82, 2.24) is 5.32 Å². The van der Waals surface area contributed by atoms with Crippen LogP contribution in [0.25, 0.3) is 11.1 Å². The third-order valence-corrected chi connectivity index (χ3v) is 7.30. The number of hydrogen-bond donors (Lipinski definition) is 1. The molecule has 0 radical (unpaired) electrons. The molecule has 2 atom stereocenters. The molecule has 0 heterocycles. The Morgan fingerprint density at radius 3 is 2.62 bits per heavy atom. The number of rotatable bonds is 19. The first-order valence-corrected chi connectivity index (χ1v) is 14.9. The van der Waals surface area contributed by atoms with E-state index < -0.39 is 5.97 Å². The van der Waals surface area contributed by atoms with Crippen LogP contribution in [0.1, 0.15) is 72.0 Å². The van der Waals surface area contributed by atoms with Crippen molar-refractivity contribution >= 4 is 39.9 Å². The van der Waals surface area contributed by atoms with E-state index in [0.29, 0.717) is 57.6 Å². The maximum absolute atomic E-state index is 13.2. The Balaban J connectivity index is 1.75. The molecule has 0 aromatic heterocycles. The molecule has 1 aliphatic carbocycles. The Morgan fingerprint density at radius 1 is 1.02 bits per heavy atom. The van der Waals surface area contributed by atoms with Gasteiger partial charge in [0.05, 0.1) is 6.61 Å². The van der Waals surface area contributed by atoms with Gasteiger partial charge in [0.1, 0.15) is 0 Å². The molecule has 2 aromatic carbocycles. The van der Waals surface area contributed by atoms with E-state index >= 15 is 0 Å². The predicted octanol–water partition coefficient (Wildman–Crippen LogP) is 4.48. The van der Waals surface area contributed by atoms with Gasteiger partial charge in [-0.2, -0.15) is 0 Å².